The molecule has 1 aliphatic heterocycles. The van der Waals surface area contributed by atoms with Crippen molar-refractivity contribution in [1.29, 1.82) is 0 Å². The number of benzene rings is 1. The average molecular weight is 290 g/mol. The van der Waals surface area contributed by atoms with Gasteiger partial charge in [0.2, 0.25) is 0 Å². The van der Waals surface area contributed by atoms with Crippen LogP contribution >= 0.6 is 0 Å². The van der Waals surface area contributed by atoms with Crippen LogP contribution in [-0.4, -0.2) is 19.2 Å². The molecule has 21 heavy (non-hydrogen) atoms. The maximum absolute atomic E-state index is 6.33. The third-order valence-corrected chi connectivity index (χ3v) is 5.07. The molecule has 0 atom stereocenters. The van der Waals surface area contributed by atoms with Crippen LogP contribution in [0.15, 0.2) is 18.2 Å². The van der Waals surface area contributed by atoms with E-state index in [4.69, 9.17) is 10.5 Å². The first-order valence-corrected chi connectivity index (χ1v) is 8.31. The minimum absolute atomic E-state index is 0.150. The molecule has 0 spiro atoms. The van der Waals surface area contributed by atoms with Crippen LogP contribution in [0.25, 0.3) is 0 Å². The standard InChI is InChI=1S/C18H30N2O/c1-5-18(6-2)10-12-20(13-11-18)15-8-7-9-16(17(15)19)21-14(3)4/h7-9,14H,5-6,10-13,19H2,1-4H3. The van der Waals surface area contributed by atoms with Crippen molar-refractivity contribution >= 4 is 11.4 Å². The number of anilines is 2. The number of piperidine rings is 1. The normalized spacial score (nSPS) is 18.0. The Labute approximate surface area is 129 Å². The molecule has 1 aliphatic rings. The van der Waals surface area contributed by atoms with E-state index in [1.807, 2.05) is 26.0 Å². The van der Waals surface area contributed by atoms with E-state index < -0.39 is 0 Å². The second-order valence-electron chi connectivity index (χ2n) is 6.55. The summed E-state index contributed by atoms with van der Waals surface area (Å²) in [6.07, 6.45) is 5.23. The minimum atomic E-state index is 0.150. The molecule has 1 heterocycles. The van der Waals surface area contributed by atoms with Crippen LogP contribution in [0.4, 0.5) is 11.4 Å². The SMILES string of the molecule is CCC1(CC)CCN(c2cccc(OC(C)C)c2N)CC1. The van der Waals surface area contributed by atoms with Gasteiger partial charge in [0.15, 0.2) is 0 Å². The molecular weight excluding hydrogens is 260 g/mol. The van der Waals surface area contributed by atoms with Gasteiger partial charge in [0.1, 0.15) is 5.75 Å². The van der Waals surface area contributed by atoms with Gasteiger partial charge in [-0.2, -0.15) is 0 Å². The molecule has 1 saturated heterocycles. The monoisotopic (exact) mass is 290 g/mol. The molecule has 3 heteroatoms. The highest BCUT2D eigenvalue weighted by atomic mass is 16.5. The number of nitrogens with two attached hydrogens (primary N) is 1. The second-order valence-corrected chi connectivity index (χ2v) is 6.55. The molecule has 0 saturated carbocycles. The van der Waals surface area contributed by atoms with E-state index in [1.54, 1.807) is 0 Å². The molecule has 118 valence electrons. The van der Waals surface area contributed by atoms with Crippen LogP contribution in [0.1, 0.15) is 53.4 Å². The van der Waals surface area contributed by atoms with Crippen molar-refractivity contribution in [2.24, 2.45) is 5.41 Å². The van der Waals surface area contributed by atoms with Gasteiger partial charge in [-0.05, 0) is 44.2 Å². The molecule has 1 fully saturated rings. The lowest BCUT2D eigenvalue weighted by Gasteiger charge is -2.42. The molecule has 0 aromatic heterocycles. The van der Waals surface area contributed by atoms with Crippen molar-refractivity contribution in [3.63, 3.8) is 0 Å². The van der Waals surface area contributed by atoms with Gasteiger partial charge in [-0.15, -0.1) is 0 Å². The molecular formula is C18H30N2O. The molecule has 1 aromatic rings. The van der Waals surface area contributed by atoms with E-state index >= 15 is 0 Å². The lowest BCUT2D eigenvalue weighted by Crippen LogP contribution is -2.40. The molecule has 2 N–H and O–H groups in total. The van der Waals surface area contributed by atoms with Gasteiger partial charge in [-0.1, -0.05) is 32.8 Å². The summed E-state index contributed by atoms with van der Waals surface area (Å²) >= 11 is 0. The lowest BCUT2D eigenvalue weighted by molar-refractivity contribution is 0.199. The Morgan fingerprint density at radius 3 is 2.33 bits per heavy atom. The zero-order valence-electron chi connectivity index (χ0n) is 14.0. The molecule has 0 unspecified atom stereocenters. The second kappa shape index (κ2) is 6.59. The Balaban J connectivity index is 2.13. The number of nitrogen functional groups attached to an aromatic ring is 1. The van der Waals surface area contributed by atoms with E-state index in [0.717, 1.165) is 30.2 Å². The Bertz CT molecular complexity index is 456. The zero-order valence-corrected chi connectivity index (χ0v) is 14.0. The van der Waals surface area contributed by atoms with E-state index in [9.17, 15) is 0 Å². The summed E-state index contributed by atoms with van der Waals surface area (Å²) in [5.74, 6) is 0.810. The highest BCUT2D eigenvalue weighted by Crippen LogP contribution is 2.41. The van der Waals surface area contributed by atoms with E-state index in [0.29, 0.717) is 5.41 Å². The summed E-state index contributed by atoms with van der Waals surface area (Å²) in [6, 6.07) is 6.13. The first-order valence-electron chi connectivity index (χ1n) is 8.31. The van der Waals surface area contributed by atoms with Crippen LogP contribution in [-0.2, 0) is 0 Å². The van der Waals surface area contributed by atoms with Crippen molar-refractivity contribution < 1.29 is 4.74 Å². The average Bonchev–Trinajstić information content (AvgIpc) is 2.49. The number of hydrogen-bond donors (Lipinski definition) is 1. The van der Waals surface area contributed by atoms with Crippen molar-refractivity contribution in [3.8, 4) is 5.75 Å². The highest BCUT2D eigenvalue weighted by Gasteiger charge is 2.31. The first kappa shape index (κ1) is 16.0. The fourth-order valence-corrected chi connectivity index (χ4v) is 3.34. The molecule has 3 nitrogen and oxygen atoms in total. The Morgan fingerprint density at radius 1 is 1.19 bits per heavy atom. The van der Waals surface area contributed by atoms with Gasteiger partial charge in [0.05, 0.1) is 17.5 Å². The van der Waals surface area contributed by atoms with Crippen molar-refractivity contribution in [1.82, 2.24) is 0 Å². The molecule has 0 bridgehead atoms. The molecule has 0 aliphatic carbocycles. The van der Waals surface area contributed by atoms with Crippen molar-refractivity contribution in [2.45, 2.75) is 59.5 Å². The van der Waals surface area contributed by atoms with Crippen LogP contribution in [0, 0.1) is 5.41 Å². The fraction of sp³-hybridized carbons (Fsp3) is 0.667. The van der Waals surface area contributed by atoms with E-state index in [1.165, 1.54) is 25.7 Å². The maximum atomic E-state index is 6.33. The first-order chi connectivity index (χ1) is 10.0. The van der Waals surface area contributed by atoms with Crippen molar-refractivity contribution in [3.05, 3.63) is 18.2 Å². The Kier molecular flexibility index (Phi) is 5.02. The van der Waals surface area contributed by atoms with Crippen LogP contribution in [0.5, 0.6) is 5.75 Å². The largest absolute Gasteiger partial charge is 0.489 e. The van der Waals surface area contributed by atoms with Crippen LogP contribution < -0.4 is 15.4 Å². The smallest absolute Gasteiger partial charge is 0.144 e. The predicted molar refractivity (Wildman–Crippen MR) is 91.1 cm³/mol. The summed E-state index contributed by atoms with van der Waals surface area (Å²) in [6.45, 7) is 10.9. The number of rotatable bonds is 5. The molecule has 2 rings (SSSR count). The highest BCUT2D eigenvalue weighted by molar-refractivity contribution is 5.74. The van der Waals surface area contributed by atoms with Gasteiger partial charge >= 0.3 is 0 Å². The summed E-state index contributed by atoms with van der Waals surface area (Å²) in [5, 5.41) is 0. The molecule has 0 radical (unpaired) electrons. The predicted octanol–water partition coefficient (Wildman–Crippen LogP) is 4.46. The minimum Gasteiger partial charge on any atom is -0.489 e. The summed E-state index contributed by atoms with van der Waals surface area (Å²) < 4.78 is 5.81. The van der Waals surface area contributed by atoms with Gasteiger partial charge < -0.3 is 15.4 Å². The number of hydrogen-bond acceptors (Lipinski definition) is 3. The van der Waals surface area contributed by atoms with Gasteiger partial charge in [-0.3, -0.25) is 0 Å². The third kappa shape index (κ3) is 3.45. The number of ether oxygens (including phenoxy) is 1. The summed E-state index contributed by atoms with van der Waals surface area (Å²) in [5.41, 5.74) is 8.78. The van der Waals surface area contributed by atoms with E-state index in [-0.39, 0.29) is 6.10 Å². The maximum Gasteiger partial charge on any atom is 0.144 e. The quantitative estimate of drug-likeness (QED) is 0.814. The van der Waals surface area contributed by atoms with Gasteiger partial charge in [0, 0.05) is 13.1 Å². The van der Waals surface area contributed by atoms with E-state index in [2.05, 4.69) is 24.8 Å². The molecule has 0 amide bonds. The topological polar surface area (TPSA) is 38.5 Å². The zero-order chi connectivity index (χ0) is 15.5. The van der Waals surface area contributed by atoms with Crippen molar-refractivity contribution in [2.75, 3.05) is 23.7 Å². The van der Waals surface area contributed by atoms with Gasteiger partial charge in [0.25, 0.3) is 0 Å². The lowest BCUT2D eigenvalue weighted by atomic mass is 9.74. The number of para-hydroxylation sites is 1. The molecule has 1 aromatic carbocycles. The third-order valence-electron chi connectivity index (χ3n) is 5.07. The fourth-order valence-electron chi connectivity index (χ4n) is 3.34. The summed E-state index contributed by atoms with van der Waals surface area (Å²) in [4.78, 5) is 2.42. The van der Waals surface area contributed by atoms with Crippen LogP contribution in [0.3, 0.4) is 0 Å². The summed E-state index contributed by atoms with van der Waals surface area (Å²) in [7, 11) is 0. The van der Waals surface area contributed by atoms with Crippen LogP contribution in [0.2, 0.25) is 0 Å². The Morgan fingerprint density at radius 2 is 1.81 bits per heavy atom. The number of nitrogens with zero attached hydrogens (tertiary/aromatic N) is 1. The Hall–Kier alpha value is -1.38. The van der Waals surface area contributed by atoms with Gasteiger partial charge in [-0.25, -0.2) is 0 Å².